The standard InChI is InChI=1S/C12H12ClNO2/c1-8(2)11(15)7-16-12-5-3-4-10(13)9(12)6-14/h3-5,8H,7H2,1-2H3. The number of Topliss-reactive ketones (excluding diaryl/α,β-unsaturated/α-hetero) is 1. The van der Waals surface area contributed by atoms with Crippen molar-refractivity contribution < 1.29 is 9.53 Å². The van der Waals surface area contributed by atoms with Crippen molar-refractivity contribution in [2.24, 2.45) is 5.92 Å². The number of rotatable bonds is 4. The van der Waals surface area contributed by atoms with Gasteiger partial charge in [-0.1, -0.05) is 31.5 Å². The van der Waals surface area contributed by atoms with Crippen LogP contribution in [0.1, 0.15) is 19.4 Å². The zero-order chi connectivity index (χ0) is 12.1. The van der Waals surface area contributed by atoms with Crippen LogP contribution in [0.4, 0.5) is 0 Å². The number of ketones is 1. The van der Waals surface area contributed by atoms with Crippen LogP contribution < -0.4 is 4.74 Å². The minimum atomic E-state index is -0.0790. The number of hydrogen-bond donors (Lipinski definition) is 0. The quantitative estimate of drug-likeness (QED) is 0.809. The van der Waals surface area contributed by atoms with E-state index in [-0.39, 0.29) is 23.9 Å². The SMILES string of the molecule is CC(C)C(=O)COc1cccc(Cl)c1C#N. The van der Waals surface area contributed by atoms with E-state index in [1.807, 2.05) is 6.07 Å². The van der Waals surface area contributed by atoms with Crippen LogP contribution >= 0.6 is 11.6 Å². The van der Waals surface area contributed by atoms with Crippen LogP contribution in [-0.4, -0.2) is 12.4 Å². The summed E-state index contributed by atoms with van der Waals surface area (Å²) in [5.41, 5.74) is 0.265. The highest BCUT2D eigenvalue weighted by atomic mass is 35.5. The van der Waals surface area contributed by atoms with Gasteiger partial charge in [0, 0.05) is 5.92 Å². The van der Waals surface area contributed by atoms with Crippen molar-refractivity contribution in [1.82, 2.24) is 0 Å². The van der Waals surface area contributed by atoms with Gasteiger partial charge in [0.15, 0.2) is 5.78 Å². The molecule has 0 aliphatic carbocycles. The minimum Gasteiger partial charge on any atom is -0.484 e. The molecule has 0 N–H and O–H groups in total. The van der Waals surface area contributed by atoms with E-state index in [0.29, 0.717) is 10.8 Å². The third-order valence-corrected chi connectivity index (χ3v) is 2.42. The molecule has 0 saturated carbocycles. The summed E-state index contributed by atoms with van der Waals surface area (Å²) < 4.78 is 5.28. The molecule has 4 heteroatoms. The number of hydrogen-bond acceptors (Lipinski definition) is 3. The Morgan fingerprint density at radius 2 is 2.25 bits per heavy atom. The van der Waals surface area contributed by atoms with Crippen molar-refractivity contribution in [2.45, 2.75) is 13.8 Å². The molecule has 1 aromatic rings. The van der Waals surface area contributed by atoms with Crippen molar-refractivity contribution in [3.05, 3.63) is 28.8 Å². The molecule has 0 radical (unpaired) electrons. The van der Waals surface area contributed by atoms with Gasteiger partial charge in [0.1, 0.15) is 24.0 Å². The average molecular weight is 238 g/mol. The highest BCUT2D eigenvalue weighted by molar-refractivity contribution is 6.31. The fraction of sp³-hybridized carbons (Fsp3) is 0.333. The number of nitriles is 1. The van der Waals surface area contributed by atoms with Gasteiger partial charge in [-0.15, -0.1) is 0 Å². The fourth-order valence-corrected chi connectivity index (χ4v) is 1.26. The van der Waals surface area contributed by atoms with Gasteiger partial charge in [0.05, 0.1) is 5.02 Å². The average Bonchev–Trinajstić information content (AvgIpc) is 2.25. The van der Waals surface area contributed by atoms with Gasteiger partial charge in [0.25, 0.3) is 0 Å². The first-order valence-corrected chi connectivity index (χ1v) is 5.28. The summed E-state index contributed by atoms with van der Waals surface area (Å²) in [5.74, 6) is 0.262. The van der Waals surface area contributed by atoms with E-state index in [1.54, 1.807) is 32.0 Å². The number of halogens is 1. The van der Waals surface area contributed by atoms with Crippen molar-refractivity contribution in [1.29, 1.82) is 5.26 Å². The molecule has 0 spiro atoms. The summed E-state index contributed by atoms with van der Waals surface area (Å²) in [6.07, 6.45) is 0. The van der Waals surface area contributed by atoms with E-state index in [1.165, 1.54) is 0 Å². The zero-order valence-electron chi connectivity index (χ0n) is 9.16. The molecule has 0 aliphatic heterocycles. The smallest absolute Gasteiger partial charge is 0.172 e. The predicted molar refractivity (Wildman–Crippen MR) is 61.5 cm³/mol. The Morgan fingerprint density at radius 3 is 2.81 bits per heavy atom. The fourth-order valence-electron chi connectivity index (χ4n) is 1.05. The van der Waals surface area contributed by atoms with E-state index in [9.17, 15) is 4.79 Å². The molecular formula is C12H12ClNO2. The molecule has 84 valence electrons. The Bertz CT molecular complexity index is 435. The molecule has 0 bridgehead atoms. The Hall–Kier alpha value is -1.53. The first-order chi connectivity index (χ1) is 7.56. The first kappa shape index (κ1) is 12.5. The second kappa shape index (κ2) is 5.53. The van der Waals surface area contributed by atoms with Gasteiger partial charge in [-0.3, -0.25) is 4.79 Å². The van der Waals surface area contributed by atoms with Crippen LogP contribution in [-0.2, 0) is 4.79 Å². The molecule has 0 unspecified atom stereocenters. The van der Waals surface area contributed by atoms with Crippen molar-refractivity contribution in [2.75, 3.05) is 6.61 Å². The number of carbonyl (C=O) groups is 1. The minimum absolute atomic E-state index is 0.0103. The lowest BCUT2D eigenvalue weighted by Crippen LogP contribution is -2.17. The molecule has 0 fully saturated rings. The van der Waals surface area contributed by atoms with Crippen LogP contribution in [0.2, 0.25) is 5.02 Å². The molecule has 0 aliphatic rings. The van der Waals surface area contributed by atoms with E-state index >= 15 is 0 Å². The van der Waals surface area contributed by atoms with E-state index in [0.717, 1.165) is 0 Å². The van der Waals surface area contributed by atoms with E-state index in [2.05, 4.69) is 0 Å². The van der Waals surface area contributed by atoms with Crippen molar-refractivity contribution in [3.63, 3.8) is 0 Å². The van der Waals surface area contributed by atoms with Gasteiger partial charge in [0.2, 0.25) is 0 Å². The molecular weight excluding hydrogens is 226 g/mol. The van der Waals surface area contributed by atoms with E-state index in [4.69, 9.17) is 21.6 Å². The lowest BCUT2D eigenvalue weighted by atomic mass is 10.1. The second-order valence-electron chi connectivity index (χ2n) is 3.63. The third kappa shape index (κ3) is 2.98. The summed E-state index contributed by atoms with van der Waals surface area (Å²) in [6.45, 7) is 3.57. The first-order valence-electron chi connectivity index (χ1n) is 4.90. The highest BCUT2D eigenvalue weighted by Crippen LogP contribution is 2.25. The maximum absolute atomic E-state index is 11.4. The summed E-state index contributed by atoms with van der Waals surface area (Å²) in [6, 6.07) is 6.86. The lowest BCUT2D eigenvalue weighted by Gasteiger charge is -2.09. The molecule has 1 aromatic carbocycles. The van der Waals surface area contributed by atoms with E-state index < -0.39 is 0 Å². The number of carbonyl (C=O) groups excluding carboxylic acids is 1. The van der Waals surface area contributed by atoms with Gasteiger partial charge in [-0.25, -0.2) is 0 Å². The summed E-state index contributed by atoms with van der Waals surface area (Å²) in [7, 11) is 0. The molecule has 0 saturated heterocycles. The predicted octanol–water partition coefficient (Wildman–Crippen LogP) is 2.82. The van der Waals surface area contributed by atoms with Crippen LogP contribution in [0.3, 0.4) is 0 Å². The van der Waals surface area contributed by atoms with Gasteiger partial charge >= 0.3 is 0 Å². The number of benzene rings is 1. The zero-order valence-corrected chi connectivity index (χ0v) is 9.91. The maximum Gasteiger partial charge on any atom is 0.172 e. The van der Waals surface area contributed by atoms with Crippen LogP contribution in [0.15, 0.2) is 18.2 Å². The topological polar surface area (TPSA) is 50.1 Å². The van der Waals surface area contributed by atoms with Gasteiger partial charge in [-0.2, -0.15) is 5.26 Å². The Balaban J connectivity index is 2.79. The molecule has 3 nitrogen and oxygen atoms in total. The summed E-state index contributed by atoms with van der Waals surface area (Å²) in [5, 5.41) is 9.20. The molecule has 0 aromatic heterocycles. The maximum atomic E-state index is 11.4. The Kier molecular flexibility index (Phi) is 4.33. The third-order valence-electron chi connectivity index (χ3n) is 2.10. The van der Waals surface area contributed by atoms with Gasteiger partial charge in [-0.05, 0) is 12.1 Å². The Labute approximate surface area is 99.6 Å². The molecule has 0 atom stereocenters. The molecule has 16 heavy (non-hydrogen) atoms. The molecule has 1 rings (SSSR count). The summed E-state index contributed by atoms with van der Waals surface area (Å²) in [4.78, 5) is 11.4. The Morgan fingerprint density at radius 1 is 1.56 bits per heavy atom. The monoisotopic (exact) mass is 237 g/mol. The largest absolute Gasteiger partial charge is 0.484 e. The van der Waals surface area contributed by atoms with Crippen molar-refractivity contribution in [3.8, 4) is 11.8 Å². The number of ether oxygens (including phenoxy) is 1. The summed E-state index contributed by atoms with van der Waals surface area (Å²) >= 11 is 5.82. The number of nitrogens with zero attached hydrogens (tertiary/aromatic N) is 1. The van der Waals surface area contributed by atoms with Crippen LogP contribution in [0, 0.1) is 17.2 Å². The van der Waals surface area contributed by atoms with Gasteiger partial charge < -0.3 is 4.74 Å². The second-order valence-corrected chi connectivity index (χ2v) is 4.04. The highest BCUT2D eigenvalue weighted by Gasteiger charge is 2.11. The van der Waals surface area contributed by atoms with Crippen LogP contribution in [0.5, 0.6) is 5.75 Å². The molecule has 0 amide bonds. The normalized spacial score (nSPS) is 9.94. The molecule has 0 heterocycles. The lowest BCUT2D eigenvalue weighted by molar-refractivity contribution is -0.123. The van der Waals surface area contributed by atoms with Crippen molar-refractivity contribution >= 4 is 17.4 Å². The van der Waals surface area contributed by atoms with Crippen LogP contribution in [0.25, 0.3) is 0 Å².